The zero-order chi connectivity index (χ0) is 15.2. The average Bonchev–Trinajstić information content (AvgIpc) is 2.37. The number of methoxy groups -OCH3 is 1. The minimum atomic E-state index is 0.0655. The highest BCUT2D eigenvalue weighted by Gasteiger charge is 2.14. The van der Waals surface area contributed by atoms with Crippen LogP contribution in [0.2, 0.25) is 0 Å². The van der Waals surface area contributed by atoms with Crippen LogP contribution in [0.5, 0.6) is 11.5 Å². The lowest BCUT2D eigenvalue weighted by Crippen LogP contribution is -2.35. The molecule has 4 nitrogen and oxygen atoms in total. The van der Waals surface area contributed by atoms with Gasteiger partial charge in [-0.25, -0.2) is 0 Å². The topological polar surface area (TPSA) is 50.7 Å². The quantitative estimate of drug-likeness (QED) is 0.745. The Morgan fingerprint density at radius 3 is 2.55 bits per heavy atom. The fraction of sp³-hybridized carbons (Fsp3) is 0.600. The van der Waals surface area contributed by atoms with Gasteiger partial charge in [0.25, 0.3) is 0 Å². The van der Waals surface area contributed by atoms with Crippen LogP contribution in [0.1, 0.15) is 32.8 Å². The molecule has 2 N–H and O–H groups in total. The first kappa shape index (κ1) is 17.3. The fourth-order valence-electron chi connectivity index (χ4n) is 1.62. The molecular formula is C15H24BrNO3. The molecule has 0 radical (unpaired) electrons. The van der Waals surface area contributed by atoms with Crippen molar-refractivity contribution in [1.82, 2.24) is 5.32 Å². The normalized spacial score (nSPS) is 11.5. The molecule has 0 aliphatic rings. The van der Waals surface area contributed by atoms with Gasteiger partial charge in [-0.1, -0.05) is 0 Å². The molecule has 20 heavy (non-hydrogen) atoms. The van der Waals surface area contributed by atoms with Gasteiger partial charge in [-0.2, -0.15) is 0 Å². The summed E-state index contributed by atoms with van der Waals surface area (Å²) in [5.74, 6) is 1.38. The standard InChI is InChI=1S/C15H24BrNO3/c1-15(2,3)17-10-11-8-12(16)14(13(9-11)19-4)20-7-5-6-18/h8-9,17-18H,5-7,10H2,1-4H3. The molecule has 0 aliphatic carbocycles. The Morgan fingerprint density at radius 1 is 1.30 bits per heavy atom. The van der Waals surface area contributed by atoms with E-state index in [1.807, 2.05) is 12.1 Å². The van der Waals surface area contributed by atoms with Gasteiger partial charge in [-0.05, 0) is 54.4 Å². The van der Waals surface area contributed by atoms with Gasteiger partial charge in [0.1, 0.15) is 0 Å². The SMILES string of the molecule is COc1cc(CNC(C)(C)C)cc(Br)c1OCCCO. The third-order valence-electron chi connectivity index (χ3n) is 2.66. The zero-order valence-electron chi connectivity index (χ0n) is 12.6. The van der Waals surface area contributed by atoms with E-state index in [9.17, 15) is 0 Å². The second-order valence-electron chi connectivity index (χ2n) is 5.64. The molecule has 0 heterocycles. The molecule has 1 aromatic rings. The summed E-state index contributed by atoms with van der Waals surface area (Å²) in [6.45, 7) is 7.73. The van der Waals surface area contributed by atoms with Crippen molar-refractivity contribution < 1.29 is 14.6 Å². The van der Waals surface area contributed by atoms with E-state index < -0.39 is 0 Å². The highest BCUT2D eigenvalue weighted by Crippen LogP contribution is 2.36. The molecule has 0 aromatic heterocycles. The van der Waals surface area contributed by atoms with Crippen LogP contribution in [-0.2, 0) is 6.54 Å². The van der Waals surface area contributed by atoms with E-state index in [1.54, 1.807) is 7.11 Å². The van der Waals surface area contributed by atoms with Crippen LogP contribution in [0.15, 0.2) is 16.6 Å². The van der Waals surface area contributed by atoms with Crippen LogP contribution < -0.4 is 14.8 Å². The average molecular weight is 346 g/mol. The summed E-state index contributed by atoms with van der Waals surface area (Å²) >= 11 is 3.52. The van der Waals surface area contributed by atoms with Gasteiger partial charge >= 0.3 is 0 Å². The van der Waals surface area contributed by atoms with E-state index >= 15 is 0 Å². The lowest BCUT2D eigenvalue weighted by molar-refractivity contribution is 0.227. The van der Waals surface area contributed by atoms with Crippen LogP contribution >= 0.6 is 15.9 Å². The first-order chi connectivity index (χ1) is 9.37. The number of aliphatic hydroxyl groups is 1. The Hall–Kier alpha value is -0.780. The summed E-state index contributed by atoms with van der Waals surface area (Å²) in [5.41, 5.74) is 1.19. The minimum Gasteiger partial charge on any atom is -0.493 e. The van der Waals surface area contributed by atoms with Gasteiger partial charge in [0, 0.05) is 25.1 Å². The van der Waals surface area contributed by atoms with E-state index in [1.165, 1.54) is 0 Å². The Kier molecular flexibility index (Phi) is 6.79. The molecule has 0 atom stereocenters. The predicted molar refractivity (Wildman–Crippen MR) is 84.5 cm³/mol. The summed E-state index contributed by atoms with van der Waals surface area (Å²) in [6.07, 6.45) is 0.600. The molecule has 5 heteroatoms. The minimum absolute atomic E-state index is 0.0655. The van der Waals surface area contributed by atoms with E-state index in [4.69, 9.17) is 14.6 Å². The summed E-state index contributed by atoms with van der Waals surface area (Å²) < 4.78 is 11.9. The number of nitrogens with one attached hydrogen (secondary N) is 1. The van der Waals surface area contributed by atoms with Gasteiger partial charge in [-0.15, -0.1) is 0 Å². The Balaban J connectivity index is 2.83. The summed E-state index contributed by atoms with van der Waals surface area (Å²) in [7, 11) is 1.63. The number of rotatable bonds is 7. The maximum absolute atomic E-state index is 8.80. The molecule has 0 amide bonds. The molecule has 114 valence electrons. The molecule has 1 rings (SSSR count). The van der Waals surface area contributed by atoms with Gasteiger partial charge in [0.05, 0.1) is 18.2 Å². The van der Waals surface area contributed by atoms with Crippen molar-refractivity contribution in [2.24, 2.45) is 0 Å². The number of hydrogen-bond donors (Lipinski definition) is 2. The lowest BCUT2D eigenvalue weighted by atomic mass is 10.1. The zero-order valence-corrected chi connectivity index (χ0v) is 14.2. The first-order valence-electron chi connectivity index (χ1n) is 6.72. The molecular weight excluding hydrogens is 322 g/mol. The van der Waals surface area contributed by atoms with E-state index in [-0.39, 0.29) is 12.1 Å². The molecule has 0 saturated heterocycles. The van der Waals surface area contributed by atoms with Gasteiger partial charge in [0.15, 0.2) is 11.5 Å². The van der Waals surface area contributed by atoms with Gasteiger partial charge in [-0.3, -0.25) is 0 Å². The van der Waals surface area contributed by atoms with Gasteiger partial charge < -0.3 is 19.9 Å². The number of ether oxygens (including phenoxy) is 2. The molecule has 0 bridgehead atoms. The Bertz CT molecular complexity index is 430. The smallest absolute Gasteiger partial charge is 0.175 e. The molecule has 0 fully saturated rings. The monoisotopic (exact) mass is 345 g/mol. The number of aliphatic hydroxyl groups excluding tert-OH is 1. The van der Waals surface area contributed by atoms with E-state index in [0.29, 0.717) is 24.5 Å². The largest absolute Gasteiger partial charge is 0.493 e. The van der Waals surface area contributed by atoms with Crippen LogP contribution in [0.25, 0.3) is 0 Å². The van der Waals surface area contributed by atoms with Crippen molar-refractivity contribution in [2.45, 2.75) is 39.3 Å². The second-order valence-corrected chi connectivity index (χ2v) is 6.49. The van der Waals surface area contributed by atoms with Crippen molar-refractivity contribution >= 4 is 15.9 Å². The van der Waals surface area contributed by atoms with Crippen LogP contribution in [0, 0.1) is 0 Å². The van der Waals surface area contributed by atoms with Crippen LogP contribution in [0.3, 0.4) is 0 Å². The molecule has 0 spiro atoms. The van der Waals surface area contributed by atoms with Crippen molar-refractivity contribution in [2.75, 3.05) is 20.3 Å². The number of benzene rings is 1. The second kappa shape index (κ2) is 7.86. The number of hydrogen-bond acceptors (Lipinski definition) is 4. The summed E-state index contributed by atoms with van der Waals surface area (Å²) in [5, 5.41) is 12.2. The summed E-state index contributed by atoms with van der Waals surface area (Å²) in [4.78, 5) is 0. The number of halogens is 1. The highest BCUT2D eigenvalue weighted by atomic mass is 79.9. The third kappa shape index (κ3) is 5.69. The van der Waals surface area contributed by atoms with Crippen LogP contribution in [-0.4, -0.2) is 31.0 Å². The van der Waals surface area contributed by atoms with E-state index in [0.717, 1.165) is 16.6 Å². The Morgan fingerprint density at radius 2 is 2.00 bits per heavy atom. The van der Waals surface area contributed by atoms with Crippen molar-refractivity contribution in [3.63, 3.8) is 0 Å². The Labute approximate surface area is 129 Å². The first-order valence-corrected chi connectivity index (χ1v) is 7.52. The van der Waals surface area contributed by atoms with Crippen molar-refractivity contribution in [1.29, 1.82) is 0 Å². The van der Waals surface area contributed by atoms with Crippen molar-refractivity contribution in [3.05, 3.63) is 22.2 Å². The molecule has 0 aliphatic heterocycles. The highest BCUT2D eigenvalue weighted by molar-refractivity contribution is 9.10. The van der Waals surface area contributed by atoms with Crippen molar-refractivity contribution in [3.8, 4) is 11.5 Å². The lowest BCUT2D eigenvalue weighted by Gasteiger charge is -2.21. The molecule has 0 saturated carbocycles. The van der Waals surface area contributed by atoms with Crippen LogP contribution in [0.4, 0.5) is 0 Å². The van der Waals surface area contributed by atoms with E-state index in [2.05, 4.69) is 42.0 Å². The maximum atomic E-state index is 8.80. The predicted octanol–water partition coefficient (Wildman–Crippen LogP) is 3.11. The van der Waals surface area contributed by atoms with Gasteiger partial charge in [0.2, 0.25) is 0 Å². The fourth-order valence-corrected chi connectivity index (χ4v) is 2.23. The maximum Gasteiger partial charge on any atom is 0.175 e. The molecule has 0 unspecified atom stereocenters. The molecule has 1 aromatic carbocycles. The summed E-state index contributed by atoms with van der Waals surface area (Å²) in [6, 6.07) is 3.99. The third-order valence-corrected chi connectivity index (χ3v) is 3.25.